The Morgan fingerprint density at radius 1 is 1.10 bits per heavy atom. The summed E-state index contributed by atoms with van der Waals surface area (Å²) in [7, 11) is 1.71. The first-order chi connectivity index (χ1) is 24.0. The zero-order chi connectivity index (χ0) is 36.6. The van der Waals surface area contributed by atoms with Crippen LogP contribution in [0, 0.1) is 29.4 Å². The molecule has 0 spiro atoms. The lowest BCUT2D eigenvalue weighted by molar-refractivity contribution is -0.120. The van der Waals surface area contributed by atoms with Gasteiger partial charge in [0.25, 0.3) is 12.3 Å². The maximum Gasteiger partial charge on any atom is 0.293 e. The fraction of sp³-hybridized carbons (Fsp3) is 0.351. The number of hydrogen-bond acceptors (Lipinski definition) is 5. The molecule has 0 bridgehead atoms. The molecule has 0 amide bonds. The largest absolute Gasteiger partial charge is 0.378 e. The van der Waals surface area contributed by atoms with Crippen LogP contribution in [0.15, 0.2) is 48.7 Å². The number of fused-ring (bicyclic) bond motifs is 4. The van der Waals surface area contributed by atoms with Crippen molar-refractivity contribution in [1.82, 2.24) is 24.5 Å². The lowest BCUT2D eigenvalue weighted by Gasteiger charge is -2.21. The van der Waals surface area contributed by atoms with Gasteiger partial charge in [0.15, 0.2) is 5.78 Å². The molecule has 0 radical (unpaired) electrons. The highest BCUT2D eigenvalue weighted by Gasteiger charge is 2.67. The molecular weight excluding hydrogens is 696 g/mol. The van der Waals surface area contributed by atoms with Crippen LogP contribution in [0.5, 0.6) is 0 Å². The first-order valence-electron chi connectivity index (χ1n) is 16.1. The fourth-order valence-electron chi connectivity index (χ4n) is 7.14. The van der Waals surface area contributed by atoms with Crippen LogP contribution in [-0.2, 0) is 30.7 Å². The minimum atomic E-state index is -3.43. The minimum Gasteiger partial charge on any atom is -0.378 e. The summed E-state index contributed by atoms with van der Waals surface area (Å²) in [6.45, 7) is 2.24. The number of pyridine rings is 1. The minimum absolute atomic E-state index is 0.0708. The van der Waals surface area contributed by atoms with E-state index in [9.17, 15) is 27.5 Å². The van der Waals surface area contributed by atoms with Gasteiger partial charge in [-0.15, -0.1) is 0 Å². The Balaban J connectivity index is 1.35. The van der Waals surface area contributed by atoms with Gasteiger partial charge in [0.05, 0.1) is 22.4 Å². The Kier molecular flexibility index (Phi) is 8.54. The molecule has 0 saturated heterocycles. The number of ketones is 1. The summed E-state index contributed by atoms with van der Waals surface area (Å²) < 4.78 is 89.7. The smallest absolute Gasteiger partial charge is 0.293 e. The summed E-state index contributed by atoms with van der Waals surface area (Å²) in [4.78, 5) is 18.7. The highest BCUT2D eigenvalue weighted by atomic mass is 35.5. The molecular formula is C37H30ClF6N5O2. The number of rotatable bonds is 9. The van der Waals surface area contributed by atoms with Crippen LogP contribution in [0.3, 0.4) is 0 Å². The number of aryl methyl sites for hydroxylation is 1. The van der Waals surface area contributed by atoms with Gasteiger partial charge in [-0.05, 0) is 74.4 Å². The fourth-order valence-corrected chi connectivity index (χ4v) is 7.34. The third-order valence-corrected chi connectivity index (χ3v) is 9.65. The van der Waals surface area contributed by atoms with Crippen molar-refractivity contribution in [1.29, 1.82) is 0 Å². The molecule has 51 heavy (non-hydrogen) atoms. The molecule has 0 unspecified atom stereocenters. The van der Waals surface area contributed by atoms with Crippen molar-refractivity contribution >= 4 is 28.3 Å². The van der Waals surface area contributed by atoms with Gasteiger partial charge in [0.1, 0.15) is 40.9 Å². The van der Waals surface area contributed by atoms with Crippen LogP contribution in [0.4, 0.5) is 26.3 Å². The van der Waals surface area contributed by atoms with Crippen LogP contribution >= 0.6 is 11.6 Å². The van der Waals surface area contributed by atoms with E-state index >= 15 is 8.78 Å². The molecule has 14 heteroatoms. The van der Waals surface area contributed by atoms with E-state index in [1.165, 1.54) is 13.8 Å². The number of aromatic nitrogens is 5. The van der Waals surface area contributed by atoms with Crippen molar-refractivity contribution < 1.29 is 36.2 Å². The van der Waals surface area contributed by atoms with Gasteiger partial charge in [0, 0.05) is 53.4 Å². The van der Waals surface area contributed by atoms with Gasteiger partial charge in [-0.3, -0.25) is 14.2 Å². The predicted molar refractivity (Wildman–Crippen MR) is 176 cm³/mol. The summed E-state index contributed by atoms with van der Waals surface area (Å²) in [6.07, 6.45) is -1.99. The molecule has 2 aromatic carbocycles. The second kappa shape index (κ2) is 12.5. The van der Waals surface area contributed by atoms with Crippen LogP contribution < -0.4 is 0 Å². The molecule has 0 aliphatic heterocycles. The quantitative estimate of drug-likeness (QED) is 0.123. The Labute approximate surface area is 293 Å². The summed E-state index contributed by atoms with van der Waals surface area (Å²) in [5.74, 6) is -3.05. The molecule has 3 heterocycles. The van der Waals surface area contributed by atoms with E-state index in [1.807, 2.05) is 0 Å². The number of hydrogen-bond donors (Lipinski definition) is 1. The number of halogens is 7. The molecule has 5 aromatic rings. The molecule has 1 saturated carbocycles. The van der Waals surface area contributed by atoms with Gasteiger partial charge in [-0.1, -0.05) is 23.6 Å². The van der Waals surface area contributed by atoms with Crippen LogP contribution in [-0.4, -0.2) is 41.0 Å². The van der Waals surface area contributed by atoms with Gasteiger partial charge in [-0.2, -0.15) is 19.0 Å². The standard InChI is InChI=1S/C37H30ClF6N5O2/c1-36(2,51)9-8-22-4-5-24(25-6-7-29(38)27-16-45-48(3)33(25)27)31(46-22)19(10-18-11-20(39)14-21(40)12-18)13-23(50)17-49-34-30(32(47-49)35(41)42)26-15-28(26)37(34,43)44/h4-7,11-12,14,16,19,26,28,35,51H,10,13,15,17H2,1-3H3/t19-,26+,28-/m1/s1. The highest BCUT2D eigenvalue weighted by molar-refractivity contribution is 6.35. The van der Waals surface area contributed by atoms with E-state index in [1.54, 1.807) is 42.2 Å². The second-order valence-corrected chi connectivity index (χ2v) is 14.1. The summed E-state index contributed by atoms with van der Waals surface area (Å²) >= 11 is 6.48. The third-order valence-electron chi connectivity index (χ3n) is 9.32. The van der Waals surface area contributed by atoms with Crippen molar-refractivity contribution in [2.75, 3.05) is 0 Å². The van der Waals surface area contributed by atoms with Gasteiger partial charge < -0.3 is 5.11 Å². The molecule has 2 aliphatic rings. The van der Waals surface area contributed by atoms with Crippen LogP contribution in [0.2, 0.25) is 5.02 Å². The van der Waals surface area contributed by atoms with Crippen molar-refractivity contribution in [3.63, 3.8) is 0 Å². The number of Topliss-reactive ketones (excluding diaryl/α,β-unsaturated/α-hetero) is 1. The van der Waals surface area contributed by atoms with Crippen LogP contribution in [0.25, 0.3) is 22.0 Å². The monoisotopic (exact) mass is 725 g/mol. The van der Waals surface area contributed by atoms with Crippen molar-refractivity contribution in [3.8, 4) is 23.0 Å². The Bertz CT molecular complexity index is 2260. The zero-order valence-corrected chi connectivity index (χ0v) is 28.2. The molecule has 264 valence electrons. The van der Waals surface area contributed by atoms with E-state index in [4.69, 9.17) is 16.6 Å². The molecule has 1 N–H and O–H groups in total. The SMILES string of the molecule is Cn1ncc2c(Cl)ccc(-c3ccc(C#CC(C)(C)O)nc3[C@@H](CC(=O)Cn3nc(C(F)F)c4c3C(F)(F)[C@@H]3C[C@H]43)Cc3cc(F)cc(F)c3)c21. The topological polar surface area (TPSA) is 85.8 Å². The summed E-state index contributed by atoms with van der Waals surface area (Å²) in [5.41, 5.74) is -0.611. The average molecular weight is 726 g/mol. The van der Waals surface area contributed by atoms with E-state index in [0.717, 1.165) is 12.1 Å². The summed E-state index contributed by atoms with van der Waals surface area (Å²) in [5, 5.41) is 19.4. The molecule has 7 rings (SSSR count). The molecule has 3 atom stereocenters. The number of carbonyl (C=O) groups excluding carboxylic acids is 1. The third kappa shape index (κ3) is 6.51. The van der Waals surface area contributed by atoms with Gasteiger partial charge >= 0.3 is 0 Å². The maximum absolute atomic E-state index is 15.3. The number of carbonyl (C=O) groups is 1. The molecule has 1 fully saturated rings. The maximum atomic E-state index is 15.3. The normalized spacial score (nSPS) is 18.0. The van der Waals surface area contributed by atoms with E-state index in [-0.39, 0.29) is 35.4 Å². The predicted octanol–water partition coefficient (Wildman–Crippen LogP) is 8.02. The van der Waals surface area contributed by atoms with Gasteiger partial charge in [0.2, 0.25) is 0 Å². The average Bonchev–Trinajstić information content (AvgIpc) is 3.53. The van der Waals surface area contributed by atoms with Gasteiger partial charge in [-0.25, -0.2) is 22.5 Å². The van der Waals surface area contributed by atoms with Crippen LogP contribution in [0.1, 0.15) is 78.9 Å². The molecule has 2 aliphatic carbocycles. The lowest BCUT2D eigenvalue weighted by atomic mass is 9.86. The number of benzene rings is 2. The Morgan fingerprint density at radius 3 is 2.49 bits per heavy atom. The molecule has 7 nitrogen and oxygen atoms in total. The van der Waals surface area contributed by atoms with E-state index < -0.39 is 77.5 Å². The summed E-state index contributed by atoms with van der Waals surface area (Å²) in [6, 6.07) is 9.65. The zero-order valence-electron chi connectivity index (χ0n) is 27.5. The number of alkyl halides is 4. The van der Waals surface area contributed by atoms with E-state index in [0.29, 0.717) is 37.8 Å². The second-order valence-electron chi connectivity index (χ2n) is 13.7. The Hall–Kier alpha value is -4.67. The van der Waals surface area contributed by atoms with Crippen molar-refractivity contribution in [2.24, 2.45) is 13.0 Å². The number of aliphatic hydroxyl groups is 1. The van der Waals surface area contributed by atoms with Crippen molar-refractivity contribution in [2.45, 2.75) is 69.4 Å². The Morgan fingerprint density at radius 2 is 1.80 bits per heavy atom. The van der Waals surface area contributed by atoms with E-state index in [2.05, 4.69) is 22.0 Å². The first-order valence-corrected chi connectivity index (χ1v) is 16.5. The number of nitrogens with zero attached hydrogens (tertiary/aromatic N) is 5. The molecule has 3 aromatic heterocycles. The highest BCUT2D eigenvalue weighted by Crippen LogP contribution is 2.68. The lowest BCUT2D eigenvalue weighted by Crippen LogP contribution is -2.24. The van der Waals surface area contributed by atoms with Crippen molar-refractivity contribution in [3.05, 3.63) is 99.2 Å². The first kappa shape index (κ1) is 34.8.